The molecule has 1 rings (SSSR count). The number of carboxylic acid groups (broad SMARTS) is 1. The summed E-state index contributed by atoms with van der Waals surface area (Å²) >= 11 is 0. The fraction of sp³-hybridized carbons (Fsp3) is 0.833. The average Bonchev–Trinajstić information content (AvgIpc) is 2.61. The highest BCUT2D eigenvalue weighted by atomic mass is 16.4. The number of hydrogen-bond acceptors (Lipinski definition) is 2. The van der Waals surface area contributed by atoms with Crippen LogP contribution in [0, 0.1) is 5.92 Å². The summed E-state index contributed by atoms with van der Waals surface area (Å²) in [6.45, 7) is 4.55. The van der Waals surface area contributed by atoms with Crippen molar-refractivity contribution in [3.8, 4) is 0 Å². The predicted molar refractivity (Wildman–Crippen MR) is 61.1 cm³/mol. The summed E-state index contributed by atoms with van der Waals surface area (Å²) in [6, 6.07) is 0.184. The second kappa shape index (κ2) is 5.87. The van der Waals surface area contributed by atoms with Crippen LogP contribution in [0.25, 0.3) is 0 Å². The number of carbonyl (C=O) groups excluding carboxylic acids is 1. The minimum absolute atomic E-state index is 0.00333. The van der Waals surface area contributed by atoms with E-state index in [9.17, 15) is 9.59 Å². The molecule has 0 radical (unpaired) electrons. The van der Waals surface area contributed by atoms with Crippen LogP contribution in [0.3, 0.4) is 0 Å². The summed E-state index contributed by atoms with van der Waals surface area (Å²) in [5.41, 5.74) is 0. The molecule has 1 N–H and O–H groups in total. The van der Waals surface area contributed by atoms with Gasteiger partial charge in [-0.2, -0.15) is 0 Å². The third kappa shape index (κ3) is 3.22. The van der Waals surface area contributed by atoms with Gasteiger partial charge in [0.2, 0.25) is 5.91 Å². The molecule has 0 aromatic heterocycles. The summed E-state index contributed by atoms with van der Waals surface area (Å²) in [7, 11) is 0. The number of amides is 1. The number of unbranched alkanes of at least 4 members (excludes halogenated alkanes) is 2. The van der Waals surface area contributed by atoms with Crippen LogP contribution < -0.4 is 0 Å². The largest absolute Gasteiger partial charge is 0.481 e. The molecule has 1 aliphatic rings. The van der Waals surface area contributed by atoms with Crippen molar-refractivity contribution in [2.24, 2.45) is 5.92 Å². The molecule has 0 aromatic rings. The van der Waals surface area contributed by atoms with Gasteiger partial charge in [0, 0.05) is 19.0 Å². The monoisotopic (exact) mass is 227 g/mol. The van der Waals surface area contributed by atoms with Crippen molar-refractivity contribution in [1.29, 1.82) is 0 Å². The molecule has 1 amide bonds. The zero-order valence-corrected chi connectivity index (χ0v) is 10.1. The summed E-state index contributed by atoms with van der Waals surface area (Å²) in [4.78, 5) is 24.2. The second-order valence-corrected chi connectivity index (χ2v) is 4.63. The van der Waals surface area contributed by atoms with Gasteiger partial charge in [0.1, 0.15) is 0 Å². The Bertz CT molecular complexity index is 265. The van der Waals surface area contributed by atoms with Crippen molar-refractivity contribution in [1.82, 2.24) is 4.90 Å². The van der Waals surface area contributed by atoms with Crippen LogP contribution in [0.5, 0.6) is 0 Å². The van der Waals surface area contributed by atoms with Gasteiger partial charge in [-0.3, -0.25) is 9.59 Å². The SMILES string of the molecule is CCCCCC(C)N1CC(C(=O)O)CC1=O. The van der Waals surface area contributed by atoms with E-state index in [0.29, 0.717) is 6.54 Å². The molecule has 1 saturated heterocycles. The van der Waals surface area contributed by atoms with Gasteiger partial charge < -0.3 is 10.0 Å². The highest BCUT2D eigenvalue weighted by Crippen LogP contribution is 2.22. The highest BCUT2D eigenvalue weighted by Gasteiger charge is 2.36. The molecule has 4 heteroatoms. The predicted octanol–water partition coefficient (Wildman–Crippen LogP) is 1.89. The number of likely N-dealkylation sites (tertiary alicyclic amines) is 1. The molecule has 2 atom stereocenters. The van der Waals surface area contributed by atoms with Crippen LogP contribution in [0.15, 0.2) is 0 Å². The molecule has 0 bridgehead atoms. The van der Waals surface area contributed by atoms with E-state index in [2.05, 4.69) is 6.92 Å². The Hall–Kier alpha value is -1.06. The lowest BCUT2D eigenvalue weighted by Gasteiger charge is -2.24. The average molecular weight is 227 g/mol. The Kier molecular flexibility index (Phi) is 4.77. The number of rotatable bonds is 6. The number of carbonyl (C=O) groups is 2. The van der Waals surface area contributed by atoms with E-state index in [1.54, 1.807) is 4.90 Å². The van der Waals surface area contributed by atoms with Crippen molar-refractivity contribution in [3.63, 3.8) is 0 Å². The molecule has 92 valence electrons. The van der Waals surface area contributed by atoms with E-state index in [0.717, 1.165) is 12.8 Å². The van der Waals surface area contributed by atoms with Gasteiger partial charge in [-0.05, 0) is 13.3 Å². The smallest absolute Gasteiger partial charge is 0.308 e. The number of aliphatic carboxylic acids is 1. The van der Waals surface area contributed by atoms with E-state index >= 15 is 0 Å². The zero-order valence-electron chi connectivity index (χ0n) is 10.1. The summed E-state index contributed by atoms with van der Waals surface area (Å²) < 4.78 is 0. The first-order valence-corrected chi connectivity index (χ1v) is 6.08. The Morgan fingerprint density at radius 1 is 1.56 bits per heavy atom. The zero-order chi connectivity index (χ0) is 12.1. The van der Waals surface area contributed by atoms with E-state index in [4.69, 9.17) is 5.11 Å². The van der Waals surface area contributed by atoms with Crippen molar-refractivity contribution in [3.05, 3.63) is 0 Å². The van der Waals surface area contributed by atoms with Crippen LogP contribution in [-0.2, 0) is 9.59 Å². The number of carboxylic acids is 1. The third-order valence-electron chi connectivity index (χ3n) is 3.27. The molecule has 1 heterocycles. The van der Waals surface area contributed by atoms with Crippen molar-refractivity contribution in [2.45, 2.75) is 52.0 Å². The van der Waals surface area contributed by atoms with E-state index < -0.39 is 11.9 Å². The lowest BCUT2D eigenvalue weighted by molar-refractivity contribution is -0.141. The molecule has 2 unspecified atom stereocenters. The molecule has 1 fully saturated rings. The van der Waals surface area contributed by atoms with Crippen LogP contribution in [0.2, 0.25) is 0 Å². The van der Waals surface area contributed by atoms with E-state index in [1.165, 1.54) is 12.8 Å². The van der Waals surface area contributed by atoms with Gasteiger partial charge in [-0.25, -0.2) is 0 Å². The molecular formula is C12H21NO3. The molecule has 0 aliphatic carbocycles. The molecule has 1 aliphatic heterocycles. The molecular weight excluding hydrogens is 206 g/mol. The molecule has 0 aromatic carbocycles. The second-order valence-electron chi connectivity index (χ2n) is 4.63. The first-order valence-electron chi connectivity index (χ1n) is 6.08. The number of hydrogen-bond donors (Lipinski definition) is 1. The van der Waals surface area contributed by atoms with Crippen LogP contribution in [0.4, 0.5) is 0 Å². The van der Waals surface area contributed by atoms with Gasteiger partial charge in [0.15, 0.2) is 0 Å². The summed E-state index contributed by atoms with van der Waals surface area (Å²) in [5, 5.41) is 8.87. The maximum absolute atomic E-state index is 11.6. The van der Waals surface area contributed by atoms with E-state index in [-0.39, 0.29) is 18.4 Å². The van der Waals surface area contributed by atoms with E-state index in [1.807, 2.05) is 6.92 Å². The van der Waals surface area contributed by atoms with Gasteiger partial charge in [-0.1, -0.05) is 26.2 Å². The topological polar surface area (TPSA) is 57.6 Å². The maximum atomic E-state index is 11.6. The van der Waals surface area contributed by atoms with Crippen molar-refractivity contribution in [2.75, 3.05) is 6.54 Å². The lowest BCUT2D eigenvalue weighted by atomic mass is 10.1. The first kappa shape index (κ1) is 13.0. The molecule has 4 nitrogen and oxygen atoms in total. The molecule has 0 saturated carbocycles. The van der Waals surface area contributed by atoms with Crippen molar-refractivity contribution >= 4 is 11.9 Å². The molecule has 16 heavy (non-hydrogen) atoms. The normalized spacial score (nSPS) is 22.5. The van der Waals surface area contributed by atoms with Gasteiger partial charge in [0.25, 0.3) is 0 Å². The fourth-order valence-electron chi connectivity index (χ4n) is 2.17. The van der Waals surface area contributed by atoms with Crippen LogP contribution in [-0.4, -0.2) is 34.5 Å². The third-order valence-corrected chi connectivity index (χ3v) is 3.27. The van der Waals surface area contributed by atoms with Gasteiger partial charge >= 0.3 is 5.97 Å². The quantitative estimate of drug-likeness (QED) is 0.705. The lowest BCUT2D eigenvalue weighted by Crippen LogP contribution is -2.34. The minimum Gasteiger partial charge on any atom is -0.481 e. The Balaban J connectivity index is 2.41. The maximum Gasteiger partial charge on any atom is 0.308 e. The van der Waals surface area contributed by atoms with Crippen LogP contribution >= 0.6 is 0 Å². The van der Waals surface area contributed by atoms with Crippen LogP contribution in [0.1, 0.15) is 46.0 Å². The number of nitrogens with zero attached hydrogens (tertiary/aromatic N) is 1. The minimum atomic E-state index is -0.850. The highest BCUT2D eigenvalue weighted by molar-refractivity contribution is 5.86. The standard InChI is InChI=1S/C12H21NO3/c1-3-4-5-6-9(2)13-8-10(12(15)16)7-11(13)14/h9-10H,3-8H2,1-2H3,(H,15,16). The Morgan fingerprint density at radius 3 is 2.75 bits per heavy atom. The van der Waals surface area contributed by atoms with Crippen molar-refractivity contribution < 1.29 is 14.7 Å². The Labute approximate surface area is 96.6 Å². The summed E-state index contributed by atoms with van der Waals surface area (Å²) in [5.74, 6) is -1.35. The van der Waals surface area contributed by atoms with Gasteiger partial charge in [0.05, 0.1) is 5.92 Å². The molecule has 0 spiro atoms. The fourth-order valence-corrected chi connectivity index (χ4v) is 2.17. The summed E-state index contributed by atoms with van der Waals surface area (Å²) in [6.07, 6.45) is 4.60. The first-order chi connectivity index (χ1) is 7.56. The van der Waals surface area contributed by atoms with Gasteiger partial charge in [-0.15, -0.1) is 0 Å². The Morgan fingerprint density at radius 2 is 2.25 bits per heavy atom.